The van der Waals surface area contributed by atoms with Gasteiger partial charge in [0, 0.05) is 11.3 Å². The topological polar surface area (TPSA) is 29.9 Å². The van der Waals surface area contributed by atoms with Gasteiger partial charge in [0.05, 0.1) is 11.7 Å². The molecule has 1 aliphatic rings. The Morgan fingerprint density at radius 1 is 1.11 bits per heavy atom. The highest BCUT2D eigenvalue weighted by Gasteiger charge is 2.21. The van der Waals surface area contributed by atoms with Crippen LogP contribution in [0.3, 0.4) is 0 Å². The molecule has 3 rings (SSSR count). The van der Waals surface area contributed by atoms with Crippen LogP contribution in [0.15, 0.2) is 30.3 Å². The highest BCUT2D eigenvalue weighted by Crippen LogP contribution is 2.30. The first kappa shape index (κ1) is 12.4. The van der Waals surface area contributed by atoms with E-state index < -0.39 is 0 Å². The summed E-state index contributed by atoms with van der Waals surface area (Å²) in [6.07, 6.45) is 2.35. The molecule has 1 aromatic heterocycles. The molecule has 3 nitrogen and oxygen atoms in total. The molecule has 0 unspecified atom stereocenters. The van der Waals surface area contributed by atoms with Gasteiger partial charge < -0.3 is 5.32 Å². The van der Waals surface area contributed by atoms with E-state index in [9.17, 15) is 0 Å². The molecule has 0 radical (unpaired) electrons. The molecule has 0 atom stereocenters. The van der Waals surface area contributed by atoms with Crippen LogP contribution in [-0.2, 0) is 0 Å². The Balaban J connectivity index is 2.00. The van der Waals surface area contributed by atoms with Crippen LogP contribution >= 0.6 is 0 Å². The lowest BCUT2D eigenvalue weighted by molar-refractivity contribution is 0.337. The number of benzene rings is 1. The summed E-state index contributed by atoms with van der Waals surface area (Å²) in [5.41, 5.74) is 5.02. The second-order valence-electron chi connectivity index (χ2n) is 5.34. The molecule has 1 N–H and O–H groups in total. The molecule has 1 saturated heterocycles. The zero-order valence-corrected chi connectivity index (χ0v) is 11.7. The summed E-state index contributed by atoms with van der Waals surface area (Å²) in [5.74, 6) is 0. The maximum Gasteiger partial charge on any atom is 0.0675 e. The van der Waals surface area contributed by atoms with Crippen molar-refractivity contribution in [3.05, 3.63) is 41.7 Å². The van der Waals surface area contributed by atoms with E-state index in [1.165, 1.54) is 29.7 Å². The van der Waals surface area contributed by atoms with Crippen molar-refractivity contribution in [1.29, 1.82) is 0 Å². The molecule has 19 heavy (non-hydrogen) atoms. The number of piperidine rings is 1. The van der Waals surface area contributed by atoms with Crippen molar-refractivity contribution in [2.45, 2.75) is 32.7 Å². The van der Waals surface area contributed by atoms with Crippen LogP contribution in [0.4, 0.5) is 0 Å². The second-order valence-corrected chi connectivity index (χ2v) is 5.34. The lowest BCUT2D eigenvalue weighted by atomic mass is 10.0. The lowest BCUT2D eigenvalue weighted by Crippen LogP contribution is -2.30. The van der Waals surface area contributed by atoms with Gasteiger partial charge in [-0.25, -0.2) is 0 Å². The number of aromatic nitrogens is 2. The van der Waals surface area contributed by atoms with Crippen LogP contribution in [0.5, 0.6) is 0 Å². The monoisotopic (exact) mass is 255 g/mol. The van der Waals surface area contributed by atoms with Crippen LogP contribution in [0, 0.1) is 13.8 Å². The van der Waals surface area contributed by atoms with Gasteiger partial charge in [0.1, 0.15) is 0 Å². The molecule has 0 bridgehead atoms. The summed E-state index contributed by atoms with van der Waals surface area (Å²) in [6.45, 7) is 6.52. The average molecular weight is 255 g/mol. The summed E-state index contributed by atoms with van der Waals surface area (Å²) >= 11 is 0. The minimum atomic E-state index is 0.553. The summed E-state index contributed by atoms with van der Waals surface area (Å²) in [6, 6.07) is 11.1. The normalized spacial score (nSPS) is 16.7. The van der Waals surface area contributed by atoms with Crippen molar-refractivity contribution in [3.8, 4) is 11.1 Å². The van der Waals surface area contributed by atoms with Crippen molar-refractivity contribution in [2.24, 2.45) is 0 Å². The SMILES string of the molecule is Cc1nn(C2CCNCC2)c(C)c1-c1ccccc1. The van der Waals surface area contributed by atoms with E-state index in [-0.39, 0.29) is 0 Å². The first-order chi connectivity index (χ1) is 9.27. The highest BCUT2D eigenvalue weighted by molar-refractivity contribution is 5.68. The van der Waals surface area contributed by atoms with Crippen molar-refractivity contribution in [1.82, 2.24) is 15.1 Å². The van der Waals surface area contributed by atoms with Gasteiger partial charge in [-0.15, -0.1) is 0 Å². The molecule has 100 valence electrons. The van der Waals surface area contributed by atoms with Gasteiger partial charge in [-0.1, -0.05) is 30.3 Å². The number of nitrogens with one attached hydrogen (secondary N) is 1. The van der Waals surface area contributed by atoms with Crippen LogP contribution in [0.25, 0.3) is 11.1 Å². The van der Waals surface area contributed by atoms with E-state index in [0.29, 0.717) is 6.04 Å². The van der Waals surface area contributed by atoms with Crippen molar-refractivity contribution in [3.63, 3.8) is 0 Å². The van der Waals surface area contributed by atoms with E-state index in [1.807, 2.05) is 0 Å². The van der Waals surface area contributed by atoms with Crippen LogP contribution < -0.4 is 5.32 Å². The fraction of sp³-hybridized carbons (Fsp3) is 0.438. The van der Waals surface area contributed by atoms with Gasteiger partial charge in [0.2, 0.25) is 0 Å². The van der Waals surface area contributed by atoms with Gasteiger partial charge in [-0.3, -0.25) is 4.68 Å². The quantitative estimate of drug-likeness (QED) is 0.893. The molecule has 0 saturated carbocycles. The smallest absolute Gasteiger partial charge is 0.0675 e. The molecule has 2 heterocycles. The van der Waals surface area contributed by atoms with E-state index in [1.54, 1.807) is 0 Å². The third kappa shape index (κ3) is 2.30. The molecule has 0 aliphatic carbocycles. The highest BCUT2D eigenvalue weighted by atomic mass is 15.3. The second kappa shape index (κ2) is 5.17. The molecule has 1 aromatic carbocycles. The molecular weight excluding hydrogens is 234 g/mol. The van der Waals surface area contributed by atoms with Crippen LogP contribution in [0.1, 0.15) is 30.3 Å². The average Bonchev–Trinajstić information content (AvgIpc) is 2.76. The van der Waals surface area contributed by atoms with Crippen LogP contribution in [-0.4, -0.2) is 22.9 Å². The number of nitrogens with zero attached hydrogens (tertiary/aromatic N) is 2. The summed E-state index contributed by atoms with van der Waals surface area (Å²) in [4.78, 5) is 0. The van der Waals surface area contributed by atoms with E-state index >= 15 is 0 Å². The predicted molar refractivity (Wildman–Crippen MR) is 78.3 cm³/mol. The number of hydrogen-bond acceptors (Lipinski definition) is 2. The summed E-state index contributed by atoms with van der Waals surface area (Å²) < 4.78 is 2.25. The summed E-state index contributed by atoms with van der Waals surface area (Å²) in [5, 5.41) is 8.22. The fourth-order valence-electron chi connectivity index (χ4n) is 3.09. The molecule has 2 aromatic rings. The molecule has 1 fully saturated rings. The zero-order chi connectivity index (χ0) is 13.2. The molecule has 0 spiro atoms. The zero-order valence-electron chi connectivity index (χ0n) is 11.7. The van der Waals surface area contributed by atoms with Gasteiger partial charge in [0.25, 0.3) is 0 Å². The predicted octanol–water partition coefficient (Wildman–Crippen LogP) is 3.09. The molecular formula is C16H21N3. The fourth-order valence-corrected chi connectivity index (χ4v) is 3.09. The Kier molecular flexibility index (Phi) is 3.38. The van der Waals surface area contributed by atoms with Crippen molar-refractivity contribution >= 4 is 0 Å². The van der Waals surface area contributed by atoms with Crippen molar-refractivity contribution < 1.29 is 0 Å². The molecule has 3 heteroatoms. The largest absolute Gasteiger partial charge is 0.317 e. The maximum absolute atomic E-state index is 4.80. The van der Waals surface area contributed by atoms with Gasteiger partial charge in [-0.2, -0.15) is 5.10 Å². The Morgan fingerprint density at radius 2 is 1.79 bits per heavy atom. The Labute approximate surface area is 114 Å². The Bertz CT molecular complexity index is 551. The maximum atomic E-state index is 4.80. The van der Waals surface area contributed by atoms with E-state index in [2.05, 4.69) is 54.2 Å². The molecule has 0 amide bonds. The number of aryl methyl sites for hydroxylation is 1. The third-order valence-corrected chi connectivity index (χ3v) is 4.04. The molecule has 1 aliphatic heterocycles. The van der Waals surface area contributed by atoms with E-state index in [0.717, 1.165) is 18.8 Å². The minimum Gasteiger partial charge on any atom is -0.317 e. The van der Waals surface area contributed by atoms with Crippen molar-refractivity contribution in [2.75, 3.05) is 13.1 Å². The minimum absolute atomic E-state index is 0.553. The van der Waals surface area contributed by atoms with Gasteiger partial charge >= 0.3 is 0 Å². The Hall–Kier alpha value is -1.61. The number of hydrogen-bond donors (Lipinski definition) is 1. The third-order valence-electron chi connectivity index (χ3n) is 4.04. The first-order valence-electron chi connectivity index (χ1n) is 7.09. The summed E-state index contributed by atoms with van der Waals surface area (Å²) in [7, 11) is 0. The van der Waals surface area contributed by atoms with Gasteiger partial charge in [0.15, 0.2) is 0 Å². The first-order valence-corrected chi connectivity index (χ1v) is 7.09. The Morgan fingerprint density at radius 3 is 2.47 bits per heavy atom. The van der Waals surface area contributed by atoms with Crippen LogP contribution in [0.2, 0.25) is 0 Å². The number of rotatable bonds is 2. The lowest BCUT2D eigenvalue weighted by Gasteiger charge is -2.24. The van der Waals surface area contributed by atoms with E-state index in [4.69, 9.17) is 5.10 Å². The standard InChI is InChI=1S/C16H21N3/c1-12-16(14-6-4-3-5-7-14)13(2)19(18-12)15-8-10-17-11-9-15/h3-7,15,17H,8-11H2,1-2H3. The van der Waals surface area contributed by atoms with Gasteiger partial charge in [-0.05, 0) is 45.3 Å².